The Morgan fingerprint density at radius 3 is 2.71 bits per heavy atom. The number of hydrogen-bond acceptors (Lipinski definition) is 3. The first kappa shape index (κ1) is 12.4. The lowest BCUT2D eigenvalue weighted by molar-refractivity contribution is 0.226. The summed E-state index contributed by atoms with van der Waals surface area (Å²) in [7, 11) is 2.20. The molecule has 0 saturated carbocycles. The van der Waals surface area contributed by atoms with Gasteiger partial charge in [-0.25, -0.2) is 0 Å². The molecule has 1 fully saturated rings. The Morgan fingerprint density at radius 2 is 2.12 bits per heavy atom. The van der Waals surface area contributed by atoms with Crippen LogP contribution in [0.2, 0.25) is 0 Å². The normalized spacial score (nSPS) is 18.8. The standard InChI is InChI=1S/C13H24N4/c1-11(2)17-10-13(9-15-17)14-8-12-4-6-16(3)7-5-12/h9-12,14H,4-8H2,1-3H3. The van der Waals surface area contributed by atoms with Gasteiger partial charge in [0.05, 0.1) is 11.9 Å². The first-order valence-corrected chi connectivity index (χ1v) is 6.61. The van der Waals surface area contributed by atoms with E-state index in [2.05, 4.69) is 42.4 Å². The van der Waals surface area contributed by atoms with Gasteiger partial charge in [0.1, 0.15) is 0 Å². The third-order valence-electron chi connectivity index (χ3n) is 3.56. The lowest BCUT2D eigenvalue weighted by Gasteiger charge is -2.29. The molecule has 0 spiro atoms. The number of piperidine rings is 1. The maximum atomic E-state index is 4.34. The zero-order valence-corrected chi connectivity index (χ0v) is 11.2. The quantitative estimate of drug-likeness (QED) is 0.870. The van der Waals surface area contributed by atoms with Crippen molar-refractivity contribution in [1.29, 1.82) is 0 Å². The fraction of sp³-hybridized carbons (Fsp3) is 0.769. The van der Waals surface area contributed by atoms with Crippen molar-refractivity contribution < 1.29 is 0 Å². The molecule has 1 aliphatic rings. The molecule has 2 heterocycles. The van der Waals surface area contributed by atoms with Crippen molar-refractivity contribution >= 4 is 5.69 Å². The van der Waals surface area contributed by atoms with Crippen molar-refractivity contribution in [3.63, 3.8) is 0 Å². The minimum absolute atomic E-state index is 0.439. The molecule has 0 bridgehead atoms. The highest BCUT2D eigenvalue weighted by atomic mass is 15.3. The number of nitrogens with one attached hydrogen (secondary N) is 1. The Hall–Kier alpha value is -1.03. The van der Waals surface area contributed by atoms with Crippen LogP contribution in [0.3, 0.4) is 0 Å². The van der Waals surface area contributed by atoms with E-state index in [-0.39, 0.29) is 0 Å². The molecule has 17 heavy (non-hydrogen) atoms. The monoisotopic (exact) mass is 236 g/mol. The first-order valence-electron chi connectivity index (χ1n) is 6.61. The summed E-state index contributed by atoms with van der Waals surface area (Å²) >= 11 is 0. The van der Waals surface area contributed by atoms with Gasteiger partial charge in [0, 0.05) is 18.8 Å². The maximum Gasteiger partial charge on any atom is 0.0726 e. The molecule has 1 saturated heterocycles. The van der Waals surface area contributed by atoms with Crippen LogP contribution in [0.25, 0.3) is 0 Å². The molecule has 1 aliphatic heterocycles. The van der Waals surface area contributed by atoms with E-state index in [0.29, 0.717) is 6.04 Å². The molecule has 0 aromatic carbocycles. The molecular formula is C13H24N4. The van der Waals surface area contributed by atoms with Gasteiger partial charge in [0.2, 0.25) is 0 Å². The number of anilines is 1. The van der Waals surface area contributed by atoms with Crippen molar-refractivity contribution in [1.82, 2.24) is 14.7 Å². The van der Waals surface area contributed by atoms with E-state index in [0.717, 1.165) is 18.2 Å². The van der Waals surface area contributed by atoms with Gasteiger partial charge in [-0.1, -0.05) is 0 Å². The van der Waals surface area contributed by atoms with Crippen molar-refractivity contribution in [2.24, 2.45) is 5.92 Å². The Balaban J connectivity index is 1.77. The van der Waals surface area contributed by atoms with Crippen LogP contribution < -0.4 is 5.32 Å². The summed E-state index contributed by atoms with van der Waals surface area (Å²) in [5.41, 5.74) is 1.15. The van der Waals surface area contributed by atoms with Crippen LogP contribution >= 0.6 is 0 Å². The molecule has 96 valence electrons. The zero-order valence-electron chi connectivity index (χ0n) is 11.2. The molecule has 0 aliphatic carbocycles. The second-order valence-corrected chi connectivity index (χ2v) is 5.43. The predicted molar refractivity (Wildman–Crippen MR) is 71.3 cm³/mol. The molecular weight excluding hydrogens is 212 g/mol. The summed E-state index contributed by atoms with van der Waals surface area (Å²) in [6.45, 7) is 7.84. The van der Waals surface area contributed by atoms with E-state index < -0.39 is 0 Å². The summed E-state index contributed by atoms with van der Waals surface area (Å²) < 4.78 is 2.00. The minimum atomic E-state index is 0.439. The van der Waals surface area contributed by atoms with Gasteiger partial charge in [-0.05, 0) is 52.7 Å². The Morgan fingerprint density at radius 1 is 1.41 bits per heavy atom. The predicted octanol–water partition coefficient (Wildman–Crippen LogP) is 2.22. The van der Waals surface area contributed by atoms with E-state index in [1.165, 1.54) is 25.9 Å². The highest BCUT2D eigenvalue weighted by Crippen LogP contribution is 2.17. The summed E-state index contributed by atoms with van der Waals surface area (Å²) in [6.07, 6.45) is 6.64. The molecule has 0 radical (unpaired) electrons. The van der Waals surface area contributed by atoms with Crippen LogP contribution in [-0.4, -0.2) is 41.4 Å². The van der Waals surface area contributed by atoms with Gasteiger partial charge in [-0.2, -0.15) is 5.10 Å². The van der Waals surface area contributed by atoms with E-state index in [1.54, 1.807) is 0 Å². The van der Waals surface area contributed by atoms with Gasteiger partial charge >= 0.3 is 0 Å². The average Bonchev–Trinajstić information content (AvgIpc) is 2.77. The fourth-order valence-electron chi connectivity index (χ4n) is 2.24. The van der Waals surface area contributed by atoms with Crippen molar-refractivity contribution in [3.05, 3.63) is 12.4 Å². The zero-order chi connectivity index (χ0) is 12.3. The van der Waals surface area contributed by atoms with Crippen LogP contribution in [0, 0.1) is 5.92 Å². The minimum Gasteiger partial charge on any atom is -0.382 e. The van der Waals surface area contributed by atoms with E-state index >= 15 is 0 Å². The van der Waals surface area contributed by atoms with Crippen LogP contribution in [0.4, 0.5) is 5.69 Å². The lowest BCUT2D eigenvalue weighted by atomic mass is 9.97. The SMILES string of the molecule is CC(C)n1cc(NCC2CCN(C)CC2)cn1. The van der Waals surface area contributed by atoms with Crippen LogP contribution in [-0.2, 0) is 0 Å². The van der Waals surface area contributed by atoms with Gasteiger partial charge in [0.15, 0.2) is 0 Å². The van der Waals surface area contributed by atoms with Crippen molar-refractivity contribution in [2.75, 3.05) is 32.0 Å². The molecule has 4 heteroatoms. The van der Waals surface area contributed by atoms with Crippen LogP contribution in [0.1, 0.15) is 32.7 Å². The van der Waals surface area contributed by atoms with E-state index in [1.807, 2.05) is 10.9 Å². The second-order valence-electron chi connectivity index (χ2n) is 5.43. The summed E-state index contributed by atoms with van der Waals surface area (Å²) in [5, 5.41) is 7.84. The molecule has 0 atom stereocenters. The molecule has 0 unspecified atom stereocenters. The molecule has 2 rings (SSSR count). The molecule has 0 amide bonds. The van der Waals surface area contributed by atoms with Gasteiger partial charge in [-0.3, -0.25) is 4.68 Å². The third-order valence-corrected chi connectivity index (χ3v) is 3.56. The van der Waals surface area contributed by atoms with E-state index in [4.69, 9.17) is 0 Å². The lowest BCUT2D eigenvalue weighted by Crippen LogP contribution is -2.32. The topological polar surface area (TPSA) is 33.1 Å². The highest BCUT2D eigenvalue weighted by Gasteiger charge is 2.16. The maximum absolute atomic E-state index is 4.34. The second kappa shape index (κ2) is 5.54. The van der Waals surface area contributed by atoms with Crippen LogP contribution in [0.5, 0.6) is 0 Å². The van der Waals surface area contributed by atoms with Gasteiger partial charge < -0.3 is 10.2 Å². The number of nitrogens with zero attached hydrogens (tertiary/aromatic N) is 3. The number of hydrogen-bond donors (Lipinski definition) is 1. The summed E-state index contributed by atoms with van der Waals surface area (Å²) in [4.78, 5) is 2.41. The smallest absolute Gasteiger partial charge is 0.0726 e. The fourth-order valence-corrected chi connectivity index (χ4v) is 2.24. The van der Waals surface area contributed by atoms with Crippen molar-refractivity contribution in [3.8, 4) is 0 Å². The third kappa shape index (κ3) is 3.46. The van der Waals surface area contributed by atoms with E-state index in [9.17, 15) is 0 Å². The summed E-state index contributed by atoms with van der Waals surface area (Å²) in [6, 6.07) is 0.439. The van der Waals surface area contributed by atoms with Crippen molar-refractivity contribution in [2.45, 2.75) is 32.7 Å². The molecule has 4 nitrogen and oxygen atoms in total. The number of aromatic nitrogens is 2. The Bertz CT molecular complexity index is 337. The molecule has 1 aromatic rings. The molecule has 1 N–H and O–H groups in total. The van der Waals surface area contributed by atoms with Gasteiger partial charge in [0.25, 0.3) is 0 Å². The molecule has 1 aromatic heterocycles. The first-order chi connectivity index (χ1) is 8.15. The largest absolute Gasteiger partial charge is 0.382 e. The van der Waals surface area contributed by atoms with Gasteiger partial charge in [-0.15, -0.1) is 0 Å². The summed E-state index contributed by atoms with van der Waals surface area (Å²) in [5.74, 6) is 0.814. The van der Waals surface area contributed by atoms with Crippen LogP contribution in [0.15, 0.2) is 12.4 Å². The Kier molecular flexibility index (Phi) is 4.05. The highest BCUT2D eigenvalue weighted by molar-refractivity contribution is 5.38. The Labute approximate surface area is 104 Å². The average molecular weight is 236 g/mol. The number of likely N-dealkylation sites (tertiary alicyclic amines) is 1. The number of rotatable bonds is 4.